The van der Waals surface area contributed by atoms with Crippen LogP contribution in [0.15, 0.2) is 47.4 Å². The third-order valence-electron chi connectivity index (χ3n) is 4.50. The molecule has 1 N–H and O–H groups in total. The average molecular weight is 438 g/mol. The fourth-order valence-electron chi connectivity index (χ4n) is 2.89. The minimum absolute atomic E-state index is 0.0639. The van der Waals surface area contributed by atoms with Gasteiger partial charge in [0.1, 0.15) is 12.4 Å². The van der Waals surface area contributed by atoms with Crippen molar-refractivity contribution in [1.29, 1.82) is 0 Å². The predicted octanol–water partition coefficient (Wildman–Crippen LogP) is 1.66. The van der Waals surface area contributed by atoms with E-state index < -0.39 is 21.7 Å². The van der Waals surface area contributed by atoms with E-state index in [1.54, 1.807) is 12.1 Å². The first-order valence-electron chi connectivity index (χ1n) is 9.34. The van der Waals surface area contributed by atoms with Crippen LogP contribution in [0.25, 0.3) is 0 Å². The minimum atomic E-state index is -3.55. The highest BCUT2D eigenvalue weighted by Gasteiger charge is 2.26. The van der Waals surface area contributed by atoms with Crippen molar-refractivity contribution in [3.8, 4) is 11.5 Å². The second-order valence-electron chi connectivity index (χ2n) is 6.44. The molecular formula is C20H23FN2O6S. The van der Waals surface area contributed by atoms with Gasteiger partial charge in [-0.1, -0.05) is 0 Å². The van der Waals surface area contributed by atoms with Crippen LogP contribution in [0.1, 0.15) is 10.4 Å². The maximum atomic E-state index is 13.7. The van der Waals surface area contributed by atoms with Crippen LogP contribution in [0.4, 0.5) is 4.39 Å². The van der Waals surface area contributed by atoms with Crippen LogP contribution in [0, 0.1) is 5.82 Å². The van der Waals surface area contributed by atoms with Crippen molar-refractivity contribution in [3.63, 3.8) is 0 Å². The Morgan fingerprint density at radius 3 is 2.50 bits per heavy atom. The van der Waals surface area contributed by atoms with Gasteiger partial charge in [-0.2, -0.15) is 4.31 Å². The molecule has 1 heterocycles. The monoisotopic (exact) mass is 438 g/mol. The number of rotatable bonds is 8. The van der Waals surface area contributed by atoms with E-state index in [0.717, 1.165) is 6.07 Å². The Morgan fingerprint density at radius 2 is 1.87 bits per heavy atom. The molecule has 162 valence electrons. The van der Waals surface area contributed by atoms with Crippen molar-refractivity contribution in [2.24, 2.45) is 0 Å². The smallest absolute Gasteiger partial charge is 0.251 e. The third kappa shape index (κ3) is 5.26. The molecule has 1 aliphatic heterocycles. The molecule has 0 atom stereocenters. The van der Waals surface area contributed by atoms with Crippen molar-refractivity contribution in [2.45, 2.75) is 4.90 Å². The van der Waals surface area contributed by atoms with Gasteiger partial charge in [0.2, 0.25) is 10.0 Å². The van der Waals surface area contributed by atoms with Gasteiger partial charge in [-0.05, 0) is 42.5 Å². The molecule has 0 unspecified atom stereocenters. The molecule has 0 bridgehead atoms. The maximum Gasteiger partial charge on any atom is 0.251 e. The Hall–Kier alpha value is -2.69. The van der Waals surface area contributed by atoms with E-state index in [1.165, 1.54) is 35.7 Å². The molecule has 8 nitrogen and oxygen atoms in total. The molecule has 0 aliphatic carbocycles. The Morgan fingerprint density at radius 1 is 1.17 bits per heavy atom. The fraction of sp³-hybridized carbons (Fsp3) is 0.350. The number of halogens is 1. The highest BCUT2D eigenvalue weighted by Crippen LogP contribution is 2.20. The third-order valence-corrected chi connectivity index (χ3v) is 6.41. The van der Waals surface area contributed by atoms with Crippen molar-refractivity contribution in [2.75, 3.05) is 46.6 Å². The standard InChI is InChI=1S/C20H23FN2O6S/c1-27-19-7-2-15(14-18(19)21)20(24)22-8-11-29-16-3-5-17(6-4-16)30(25,26)23-9-12-28-13-10-23/h2-7,14H,8-13H2,1H3,(H,22,24). The summed E-state index contributed by atoms with van der Waals surface area (Å²) in [5.41, 5.74) is 0.172. The molecule has 1 saturated heterocycles. The summed E-state index contributed by atoms with van der Waals surface area (Å²) in [6.45, 7) is 1.79. The van der Waals surface area contributed by atoms with Crippen molar-refractivity contribution in [3.05, 3.63) is 53.8 Å². The quantitative estimate of drug-likeness (QED) is 0.630. The summed E-state index contributed by atoms with van der Waals surface area (Å²) in [6, 6.07) is 10.0. The highest BCUT2D eigenvalue weighted by atomic mass is 32.2. The summed E-state index contributed by atoms with van der Waals surface area (Å²) in [6.07, 6.45) is 0. The van der Waals surface area contributed by atoms with Crippen LogP contribution >= 0.6 is 0 Å². The Balaban J connectivity index is 1.48. The van der Waals surface area contributed by atoms with E-state index in [9.17, 15) is 17.6 Å². The number of benzene rings is 2. The average Bonchev–Trinajstić information content (AvgIpc) is 2.77. The molecule has 1 aliphatic rings. The molecule has 2 aromatic rings. The molecule has 30 heavy (non-hydrogen) atoms. The number of nitrogens with one attached hydrogen (secondary N) is 1. The first-order chi connectivity index (χ1) is 14.4. The van der Waals surface area contributed by atoms with Gasteiger partial charge in [0, 0.05) is 18.7 Å². The van der Waals surface area contributed by atoms with Gasteiger partial charge in [-0.15, -0.1) is 0 Å². The molecule has 0 spiro atoms. The first kappa shape index (κ1) is 22.0. The number of morpholine rings is 1. The molecule has 0 aromatic heterocycles. The number of sulfonamides is 1. The number of nitrogens with zero attached hydrogens (tertiary/aromatic N) is 1. The van der Waals surface area contributed by atoms with E-state index in [4.69, 9.17) is 14.2 Å². The largest absolute Gasteiger partial charge is 0.494 e. The van der Waals surface area contributed by atoms with Crippen LogP contribution in [0.2, 0.25) is 0 Å². The van der Waals surface area contributed by atoms with E-state index in [2.05, 4.69) is 5.32 Å². The van der Waals surface area contributed by atoms with Gasteiger partial charge in [0.15, 0.2) is 11.6 Å². The Kier molecular flexibility index (Phi) is 7.24. The number of amides is 1. The van der Waals surface area contributed by atoms with Gasteiger partial charge >= 0.3 is 0 Å². The van der Waals surface area contributed by atoms with Crippen molar-refractivity contribution < 1.29 is 31.8 Å². The van der Waals surface area contributed by atoms with E-state index in [0.29, 0.717) is 32.1 Å². The molecule has 0 saturated carbocycles. The molecule has 10 heteroatoms. The van der Waals surface area contributed by atoms with Crippen LogP contribution < -0.4 is 14.8 Å². The number of carbonyl (C=O) groups is 1. The summed E-state index contributed by atoms with van der Waals surface area (Å²) >= 11 is 0. The molecule has 0 radical (unpaired) electrons. The summed E-state index contributed by atoms with van der Waals surface area (Å²) in [7, 11) is -2.21. The van der Waals surface area contributed by atoms with Gasteiger partial charge in [-0.3, -0.25) is 4.79 Å². The lowest BCUT2D eigenvalue weighted by Gasteiger charge is -2.26. The normalized spacial score (nSPS) is 14.9. The maximum absolute atomic E-state index is 13.7. The number of hydrogen-bond donors (Lipinski definition) is 1. The lowest BCUT2D eigenvalue weighted by molar-refractivity contribution is 0.0730. The zero-order chi connectivity index (χ0) is 21.6. The first-order valence-corrected chi connectivity index (χ1v) is 10.8. The lowest BCUT2D eigenvalue weighted by Crippen LogP contribution is -2.40. The van der Waals surface area contributed by atoms with Crippen LogP contribution in [0.3, 0.4) is 0 Å². The number of ether oxygens (including phenoxy) is 3. The second kappa shape index (κ2) is 9.88. The lowest BCUT2D eigenvalue weighted by atomic mass is 10.2. The van der Waals surface area contributed by atoms with Gasteiger partial charge in [-0.25, -0.2) is 12.8 Å². The summed E-state index contributed by atoms with van der Waals surface area (Å²) in [4.78, 5) is 12.2. The van der Waals surface area contributed by atoms with Crippen molar-refractivity contribution in [1.82, 2.24) is 9.62 Å². The topological polar surface area (TPSA) is 94.2 Å². The second-order valence-corrected chi connectivity index (χ2v) is 8.38. The number of hydrogen-bond acceptors (Lipinski definition) is 6. The SMILES string of the molecule is COc1ccc(C(=O)NCCOc2ccc(S(=O)(=O)N3CCOCC3)cc2)cc1F. The summed E-state index contributed by atoms with van der Waals surface area (Å²) < 4.78 is 55.8. The zero-order valence-corrected chi connectivity index (χ0v) is 17.3. The number of methoxy groups -OCH3 is 1. The Labute approximate surface area is 174 Å². The number of carbonyl (C=O) groups excluding carboxylic acids is 1. The van der Waals surface area contributed by atoms with Gasteiger partial charge in [0.05, 0.1) is 31.8 Å². The van der Waals surface area contributed by atoms with Crippen LogP contribution in [0.5, 0.6) is 11.5 Å². The van der Waals surface area contributed by atoms with Crippen molar-refractivity contribution >= 4 is 15.9 Å². The predicted molar refractivity (Wildman–Crippen MR) is 107 cm³/mol. The van der Waals surface area contributed by atoms with Crippen LogP contribution in [-0.2, 0) is 14.8 Å². The molecular weight excluding hydrogens is 415 g/mol. The summed E-state index contributed by atoms with van der Waals surface area (Å²) in [5, 5.41) is 2.63. The Bertz CT molecular complexity index is 975. The van der Waals surface area contributed by atoms with E-state index in [-0.39, 0.29) is 29.4 Å². The van der Waals surface area contributed by atoms with Gasteiger partial charge in [0.25, 0.3) is 5.91 Å². The van der Waals surface area contributed by atoms with Gasteiger partial charge < -0.3 is 19.5 Å². The zero-order valence-electron chi connectivity index (χ0n) is 16.5. The highest BCUT2D eigenvalue weighted by molar-refractivity contribution is 7.89. The fourth-order valence-corrected chi connectivity index (χ4v) is 4.29. The summed E-state index contributed by atoms with van der Waals surface area (Å²) in [5.74, 6) is -0.518. The minimum Gasteiger partial charge on any atom is -0.494 e. The molecule has 1 fully saturated rings. The van der Waals surface area contributed by atoms with E-state index >= 15 is 0 Å². The molecule has 3 rings (SSSR count). The van der Waals surface area contributed by atoms with E-state index in [1.807, 2.05) is 0 Å². The molecule has 1 amide bonds. The van der Waals surface area contributed by atoms with Crippen LogP contribution in [-0.4, -0.2) is 65.2 Å². The molecule has 2 aromatic carbocycles.